The molecule has 1 aliphatic carbocycles. The fourth-order valence-electron chi connectivity index (χ4n) is 2.64. The lowest BCUT2D eigenvalue weighted by molar-refractivity contribution is 0.173. The van der Waals surface area contributed by atoms with E-state index in [4.69, 9.17) is 5.73 Å². The summed E-state index contributed by atoms with van der Waals surface area (Å²) in [5.41, 5.74) is 7.23. The number of hydrogen-bond donors (Lipinski definition) is 3. The van der Waals surface area contributed by atoms with Gasteiger partial charge in [0.2, 0.25) is 0 Å². The van der Waals surface area contributed by atoms with Crippen LogP contribution in [0, 0.1) is 12.7 Å². The van der Waals surface area contributed by atoms with Crippen molar-refractivity contribution in [1.82, 2.24) is 0 Å². The van der Waals surface area contributed by atoms with E-state index in [1.807, 2.05) is 0 Å². The third-order valence-electron chi connectivity index (χ3n) is 3.84. The van der Waals surface area contributed by atoms with E-state index >= 15 is 0 Å². The quantitative estimate of drug-likeness (QED) is 0.725. The Morgan fingerprint density at radius 3 is 2.61 bits per heavy atom. The van der Waals surface area contributed by atoms with Gasteiger partial charge in [-0.25, -0.2) is 4.39 Å². The molecule has 1 aromatic rings. The van der Waals surface area contributed by atoms with E-state index < -0.39 is 0 Å². The number of aliphatic hydroxyl groups is 1. The third kappa shape index (κ3) is 2.58. The van der Waals surface area contributed by atoms with Crippen molar-refractivity contribution in [2.45, 2.75) is 44.6 Å². The van der Waals surface area contributed by atoms with Crippen molar-refractivity contribution in [3.63, 3.8) is 0 Å². The Balaban J connectivity index is 2.24. The van der Waals surface area contributed by atoms with Gasteiger partial charge in [0.15, 0.2) is 0 Å². The van der Waals surface area contributed by atoms with E-state index in [-0.39, 0.29) is 18.0 Å². The van der Waals surface area contributed by atoms with Gasteiger partial charge in [-0.2, -0.15) is 0 Å². The molecule has 100 valence electrons. The highest BCUT2D eigenvalue weighted by molar-refractivity contribution is 5.68. The minimum atomic E-state index is -0.295. The number of nitrogens with one attached hydrogen (secondary N) is 1. The van der Waals surface area contributed by atoms with Gasteiger partial charge in [0, 0.05) is 0 Å². The molecule has 2 rings (SSSR count). The summed E-state index contributed by atoms with van der Waals surface area (Å²) in [6, 6.07) is 3.06. The minimum Gasteiger partial charge on any atom is -0.397 e. The molecule has 4 N–H and O–H groups in total. The highest BCUT2D eigenvalue weighted by Crippen LogP contribution is 2.34. The smallest absolute Gasteiger partial charge is 0.128 e. The molecule has 0 atom stereocenters. The largest absolute Gasteiger partial charge is 0.397 e. The monoisotopic (exact) mass is 252 g/mol. The number of anilines is 2. The number of nitrogen functional groups attached to an aromatic ring is 1. The van der Waals surface area contributed by atoms with Crippen molar-refractivity contribution >= 4 is 11.4 Å². The van der Waals surface area contributed by atoms with Crippen molar-refractivity contribution < 1.29 is 9.50 Å². The first-order valence-corrected chi connectivity index (χ1v) is 6.51. The first-order chi connectivity index (χ1) is 8.56. The molecule has 0 heterocycles. The molecule has 0 aliphatic heterocycles. The lowest BCUT2D eigenvalue weighted by atomic mass is 9.82. The summed E-state index contributed by atoms with van der Waals surface area (Å²) in [5, 5.41) is 13.0. The van der Waals surface area contributed by atoms with Crippen LogP contribution >= 0.6 is 0 Å². The second-order valence-electron chi connectivity index (χ2n) is 5.31. The van der Waals surface area contributed by atoms with Gasteiger partial charge in [0.1, 0.15) is 5.82 Å². The molecular weight excluding hydrogens is 231 g/mol. The molecule has 4 heteroatoms. The van der Waals surface area contributed by atoms with Crippen LogP contribution in [-0.4, -0.2) is 17.3 Å². The van der Waals surface area contributed by atoms with E-state index in [2.05, 4.69) is 5.32 Å². The summed E-state index contributed by atoms with van der Waals surface area (Å²) in [5.74, 6) is -0.292. The van der Waals surface area contributed by atoms with Gasteiger partial charge in [-0.15, -0.1) is 0 Å². The average molecular weight is 252 g/mol. The predicted octanol–water partition coefficient (Wildman–Crippen LogP) is 2.82. The number of aliphatic hydroxyl groups excluding tert-OH is 1. The number of nitrogens with two attached hydrogens (primary N) is 1. The van der Waals surface area contributed by atoms with Crippen LogP contribution in [0.15, 0.2) is 12.1 Å². The van der Waals surface area contributed by atoms with Gasteiger partial charge < -0.3 is 16.2 Å². The van der Waals surface area contributed by atoms with E-state index in [1.54, 1.807) is 13.0 Å². The lowest BCUT2D eigenvalue weighted by Crippen LogP contribution is -2.44. The van der Waals surface area contributed by atoms with Crippen LogP contribution < -0.4 is 11.1 Å². The van der Waals surface area contributed by atoms with Crippen LogP contribution in [0.5, 0.6) is 0 Å². The van der Waals surface area contributed by atoms with E-state index in [1.165, 1.54) is 12.5 Å². The summed E-state index contributed by atoms with van der Waals surface area (Å²) in [6.07, 6.45) is 5.28. The maximum Gasteiger partial charge on any atom is 0.128 e. The molecule has 0 bridgehead atoms. The fourth-order valence-corrected chi connectivity index (χ4v) is 2.64. The van der Waals surface area contributed by atoms with Crippen molar-refractivity contribution in [2.75, 3.05) is 17.7 Å². The molecule has 0 saturated heterocycles. The molecule has 18 heavy (non-hydrogen) atoms. The Bertz CT molecular complexity index is 428. The zero-order valence-electron chi connectivity index (χ0n) is 10.8. The molecule has 1 fully saturated rings. The number of halogens is 1. The van der Waals surface area contributed by atoms with Gasteiger partial charge in [-0.1, -0.05) is 19.3 Å². The van der Waals surface area contributed by atoms with Crippen LogP contribution in [-0.2, 0) is 0 Å². The topological polar surface area (TPSA) is 58.3 Å². The summed E-state index contributed by atoms with van der Waals surface area (Å²) in [4.78, 5) is 0. The number of rotatable bonds is 3. The Kier molecular flexibility index (Phi) is 3.76. The summed E-state index contributed by atoms with van der Waals surface area (Å²) < 4.78 is 13.4. The van der Waals surface area contributed by atoms with Crippen LogP contribution in [0.2, 0.25) is 0 Å². The Morgan fingerprint density at radius 2 is 2.00 bits per heavy atom. The van der Waals surface area contributed by atoms with Crippen molar-refractivity contribution in [3.8, 4) is 0 Å². The molecular formula is C14H21FN2O. The van der Waals surface area contributed by atoms with Crippen molar-refractivity contribution in [1.29, 1.82) is 0 Å². The predicted molar refractivity (Wildman–Crippen MR) is 72.1 cm³/mol. The highest BCUT2D eigenvalue weighted by Gasteiger charge is 2.31. The molecule has 0 unspecified atom stereocenters. The molecule has 1 aliphatic rings. The highest BCUT2D eigenvalue weighted by atomic mass is 19.1. The fraction of sp³-hybridized carbons (Fsp3) is 0.571. The Labute approximate surface area is 107 Å². The zero-order valence-corrected chi connectivity index (χ0v) is 10.8. The van der Waals surface area contributed by atoms with Crippen LogP contribution in [0.3, 0.4) is 0 Å². The average Bonchev–Trinajstić information content (AvgIpc) is 2.37. The van der Waals surface area contributed by atoms with Crippen LogP contribution in [0.1, 0.15) is 37.7 Å². The van der Waals surface area contributed by atoms with Crippen molar-refractivity contribution in [2.24, 2.45) is 0 Å². The SMILES string of the molecule is Cc1cc(NC2(CO)CCCCC2)c(N)cc1F. The van der Waals surface area contributed by atoms with Crippen LogP contribution in [0.25, 0.3) is 0 Å². The standard InChI is InChI=1S/C14H21FN2O/c1-10-7-13(12(16)8-11(10)15)17-14(9-18)5-3-2-4-6-14/h7-8,17-18H,2-6,9,16H2,1H3. The second-order valence-corrected chi connectivity index (χ2v) is 5.31. The summed E-state index contributed by atoms with van der Waals surface area (Å²) in [6.45, 7) is 1.80. The molecule has 1 aromatic carbocycles. The number of benzene rings is 1. The maximum atomic E-state index is 13.4. The number of hydrogen-bond acceptors (Lipinski definition) is 3. The second kappa shape index (κ2) is 5.14. The van der Waals surface area contributed by atoms with Crippen LogP contribution in [0.4, 0.5) is 15.8 Å². The zero-order chi connectivity index (χ0) is 13.2. The van der Waals surface area contributed by atoms with E-state index in [0.717, 1.165) is 31.4 Å². The molecule has 0 spiro atoms. The van der Waals surface area contributed by atoms with Gasteiger partial charge in [-0.3, -0.25) is 0 Å². The third-order valence-corrected chi connectivity index (χ3v) is 3.84. The van der Waals surface area contributed by atoms with E-state index in [9.17, 15) is 9.50 Å². The van der Waals surface area contributed by atoms with Gasteiger partial charge in [0.25, 0.3) is 0 Å². The maximum absolute atomic E-state index is 13.4. The number of aryl methyl sites for hydroxylation is 1. The van der Waals surface area contributed by atoms with Gasteiger partial charge in [-0.05, 0) is 37.5 Å². The molecule has 1 saturated carbocycles. The summed E-state index contributed by atoms with van der Waals surface area (Å²) >= 11 is 0. The lowest BCUT2D eigenvalue weighted by Gasteiger charge is -2.37. The Morgan fingerprint density at radius 1 is 1.33 bits per heavy atom. The van der Waals surface area contributed by atoms with Gasteiger partial charge in [0.05, 0.1) is 23.5 Å². The summed E-state index contributed by atoms with van der Waals surface area (Å²) in [7, 11) is 0. The molecule has 3 nitrogen and oxygen atoms in total. The molecule has 0 radical (unpaired) electrons. The van der Waals surface area contributed by atoms with Crippen molar-refractivity contribution in [3.05, 3.63) is 23.5 Å². The normalized spacial score (nSPS) is 18.6. The minimum absolute atomic E-state index is 0.0862. The van der Waals surface area contributed by atoms with E-state index in [0.29, 0.717) is 11.3 Å². The first kappa shape index (κ1) is 13.1. The molecule has 0 amide bonds. The first-order valence-electron chi connectivity index (χ1n) is 6.51. The van der Waals surface area contributed by atoms with Gasteiger partial charge >= 0.3 is 0 Å². The molecule has 0 aromatic heterocycles. The Hall–Kier alpha value is -1.29.